The Hall–Kier alpha value is -2.73. The molecule has 0 saturated carbocycles. The van der Waals surface area contributed by atoms with Crippen molar-refractivity contribution in [1.29, 1.82) is 5.26 Å². The molecule has 1 atom stereocenters. The van der Waals surface area contributed by atoms with Crippen molar-refractivity contribution in [3.05, 3.63) is 41.5 Å². The second kappa shape index (κ2) is 9.60. The molecule has 5 nitrogen and oxygen atoms in total. The third-order valence-electron chi connectivity index (χ3n) is 5.24. The Labute approximate surface area is 183 Å². The van der Waals surface area contributed by atoms with Crippen molar-refractivity contribution in [2.45, 2.75) is 43.4 Å². The number of likely N-dealkylation sites (tertiary alicyclic amines) is 1. The zero-order valence-electron chi connectivity index (χ0n) is 17.2. The number of amides is 1. The summed E-state index contributed by atoms with van der Waals surface area (Å²) in [6, 6.07) is 9.05. The van der Waals surface area contributed by atoms with E-state index in [-0.39, 0.29) is 28.4 Å². The first-order valence-corrected chi connectivity index (χ1v) is 10.8. The van der Waals surface area contributed by atoms with Gasteiger partial charge in [-0.2, -0.15) is 18.4 Å². The molecule has 1 amide bonds. The van der Waals surface area contributed by atoms with Crippen molar-refractivity contribution >= 4 is 17.7 Å². The zero-order chi connectivity index (χ0) is 22.6. The van der Waals surface area contributed by atoms with E-state index in [0.717, 1.165) is 37.1 Å². The first-order chi connectivity index (χ1) is 14.7. The van der Waals surface area contributed by atoms with Gasteiger partial charge in [0, 0.05) is 18.2 Å². The SMILES string of the molecule is COc1ccc(-c2cc(C(F)(F)F)c(C#N)c(SCC(=O)N3CCCCC3C)n2)cc1. The number of rotatable bonds is 5. The van der Waals surface area contributed by atoms with Crippen LogP contribution < -0.4 is 4.74 Å². The number of benzene rings is 1. The molecule has 0 N–H and O–H groups in total. The molecule has 1 aliphatic rings. The number of piperidine rings is 1. The van der Waals surface area contributed by atoms with Crippen LogP contribution in [0, 0.1) is 11.3 Å². The summed E-state index contributed by atoms with van der Waals surface area (Å²) in [5.41, 5.74) is -1.09. The number of methoxy groups -OCH3 is 1. The number of nitrogens with zero attached hydrogens (tertiary/aromatic N) is 3. The van der Waals surface area contributed by atoms with Crippen molar-refractivity contribution in [2.75, 3.05) is 19.4 Å². The van der Waals surface area contributed by atoms with Gasteiger partial charge in [-0.15, -0.1) is 0 Å². The van der Waals surface area contributed by atoms with Gasteiger partial charge in [0.2, 0.25) is 5.91 Å². The van der Waals surface area contributed by atoms with Crippen LogP contribution in [-0.4, -0.2) is 41.2 Å². The van der Waals surface area contributed by atoms with E-state index < -0.39 is 17.3 Å². The maximum absolute atomic E-state index is 13.7. The Morgan fingerprint density at radius 2 is 2.03 bits per heavy atom. The topological polar surface area (TPSA) is 66.2 Å². The fourth-order valence-electron chi connectivity index (χ4n) is 3.55. The number of thioether (sulfide) groups is 1. The summed E-state index contributed by atoms with van der Waals surface area (Å²) in [7, 11) is 1.49. The number of hydrogen-bond acceptors (Lipinski definition) is 5. The van der Waals surface area contributed by atoms with Crippen molar-refractivity contribution in [3.63, 3.8) is 0 Å². The van der Waals surface area contributed by atoms with Crippen LogP contribution in [0.25, 0.3) is 11.3 Å². The molecule has 31 heavy (non-hydrogen) atoms. The minimum atomic E-state index is -4.73. The molecule has 1 unspecified atom stereocenters. The Morgan fingerprint density at radius 1 is 1.32 bits per heavy atom. The van der Waals surface area contributed by atoms with E-state index in [9.17, 15) is 23.2 Å². The van der Waals surface area contributed by atoms with Crippen LogP contribution in [-0.2, 0) is 11.0 Å². The molecular formula is C22H22F3N3O2S. The third-order valence-corrected chi connectivity index (χ3v) is 6.21. The maximum Gasteiger partial charge on any atom is 0.417 e. The highest BCUT2D eigenvalue weighted by Crippen LogP contribution is 2.38. The van der Waals surface area contributed by atoms with Crippen LogP contribution >= 0.6 is 11.8 Å². The molecular weight excluding hydrogens is 427 g/mol. The van der Waals surface area contributed by atoms with Crippen LogP contribution in [0.5, 0.6) is 5.75 Å². The normalized spacial score (nSPS) is 16.6. The van der Waals surface area contributed by atoms with Gasteiger partial charge in [0.25, 0.3) is 0 Å². The third kappa shape index (κ3) is 5.31. The molecule has 1 saturated heterocycles. The van der Waals surface area contributed by atoms with Crippen LogP contribution in [0.15, 0.2) is 35.4 Å². The van der Waals surface area contributed by atoms with E-state index in [4.69, 9.17) is 4.74 Å². The van der Waals surface area contributed by atoms with Crippen molar-refractivity contribution in [2.24, 2.45) is 0 Å². The largest absolute Gasteiger partial charge is 0.497 e. The molecule has 2 aromatic rings. The predicted octanol–water partition coefficient (Wildman–Crippen LogP) is 5.14. The number of carbonyl (C=O) groups is 1. The summed E-state index contributed by atoms with van der Waals surface area (Å²) in [6.45, 7) is 2.60. The van der Waals surface area contributed by atoms with Gasteiger partial charge < -0.3 is 9.64 Å². The summed E-state index contributed by atoms with van der Waals surface area (Å²) in [4.78, 5) is 18.7. The number of carbonyl (C=O) groups excluding carboxylic acids is 1. The molecule has 0 bridgehead atoms. The highest BCUT2D eigenvalue weighted by molar-refractivity contribution is 8.00. The molecule has 164 valence electrons. The fourth-order valence-corrected chi connectivity index (χ4v) is 4.44. The standard InChI is InChI=1S/C22H22F3N3O2S/c1-14-5-3-4-10-28(14)20(29)13-31-21-17(12-26)18(22(23,24)25)11-19(27-21)15-6-8-16(30-2)9-7-15/h6-9,11,14H,3-5,10,13H2,1-2H3. The molecule has 0 spiro atoms. The van der Waals surface area contributed by atoms with E-state index in [1.165, 1.54) is 7.11 Å². The van der Waals surface area contributed by atoms with Crippen LogP contribution in [0.2, 0.25) is 0 Å². The van der Waals surface area contributed by atoms with E-state index in [1.54, 1.807) is 35.2 Å². The first kappa shape index (κ1) is 22.9. The van der Waals surface area contributed by atoms with Gasteiger partial charge in [0.1, 0.15) is 16.8 Å². The smallest absolute Gasteiger partial charge is 0.417 e. The number of alkyl halides is 3. The highest BCUT2D eigenvalue weighted by Gasteiger charge is 2.36. The number of nitriles is 1. The summed E-state index contributed by atoms with van der Waals surface area (Å²) in [5.74, 6) is 0.325. The Morgan fingerprint density at radius 3 is 2.61 bits per heavy atom. The monoisotopic (exact) mass is 449 g/mol. The fraction of sp³-hybridized carbons (Fsp3) is 0.409. The molecule has 1 fully saturated rings. The van der Waals surface area contributed by atoms with Crippen molar-refractivity contribution < 1.29 is 22.7 Å². The van der Waals surface area contributed by atoms with Gasteiger partial charge in [0.05, 0.1) is 29.7 Å². The van der Waals surface area contributed by atoms with E-state index >= 15 is 0 Å². The number of ether oxygens (including phenoxy) is 1. The van der Waals surface area contributed by atoms with Gasteiger partial charge in [-0.1, -0.05) is 11.8 Å². The number of hydrogen-bond donors (Lipinski definition) is 0. The highest BCUT2D eigenvalue weighted by atomic mass is 32.2. The lowest BCUT2D eigenvalue weighted by molar-refractivity contribution is -0.138. The number of halogens is 3. The van der Waals surface area contributed by atoms with E-state index in [0.29, 0.717) is 17.9 Å². The zero-order valence-corrected chi connectivity index (χ0v) is 18.0. The van der Waals surface area contributed by atoms with Gasteiger partial charge in [-0.3, -0.25) is 4.79 Å². The van der Waals surface area contributed by atoms with E-state index in [2.05, 4.69) is 4.98 Å². The second-order valence-electron chi connectivity index (χ2n) is 7.29. The number of pyridine rings is 1. The van der Waals surface area contributed by atoms with Gasteiger partial charge in [-0.25, -0.2) is 4.98 Å². The van der Waals surface area contributed by atoms with Gasteiger partial charge >= 0.3 is 6.18 Å². The Balaban J connectivity index is 1.95. The molecule has 1 aromatic heterocycles. The molecule has 1 aromatic carbocycles. The minimum absolute atomic E-state index is 0.0740. The molecule has 0 aliphatic carbocycles. The number of aromatic nitrogens is 1. The average Bonchev–Trinajstić information content (AvgIpc) is 2.76. The first-order valence-electron chi connectivity index (χ1n) is 9.83. The molecule has 3 rings (SSSR count). The molecule has 1 aliphatic heterocycles. The van der Waals surface area contributed by atoms with Crippen LogP contribution in [0.4, 0.5) is 13.2 Å². The lowest BCUT2D eigenvalue weighted by atomic mass is 10.0. The van der Waals surface area contributed by atoms with Crippen molar-refractivity contribution in [3.8, 4) is 23.1 Å². The Kier molecular flexibility index (Phi) is 7.11. The summed E-state index contributed by atoms with van der Waals surface area (Å²) < 4.78 is 46.1. The predicted molar refractivity (Wildman–Crippen MR) is 112 cm³/mol. The van der Waals surface area contributed by atoms with Gasteiger partial charge in [-0.05, 0) is 56.5 Å². The van der Waals surface area contributed by atoms with Crippen LogP contribution in [0.1, 0.15) is 37.3 Å². The summed E-state index contributed by atoms with van der Waals surface area (Å²) >= 11 is 0.873. The van der Waals surface area contributed by atoms with Crippen molar-refractivity contribution in [1.82, 2.24) is 9.88 Å². The van der Waals surface area contributed by atoms with E-state index in [1.807, 2.05) is 6.92 Å². The maximum atomic E-state index is 13.7. The lowest BCUT2D eigenvalue weighted by Crippen LogP contribution is -2.42. The van der Waals surface area contributed by atoms with Gasteiger partial charge in [0.15, 0.2) is 0 Å². The minimum Gasteiger partial charge on any atom is -0.497 e. The second-order valence-corrected chi connectivity index (χ2v) is 8.26. The lowest BCUT2D eigenvalue weighted by Gasteiger charge is -2.33. The Bertz CT molecular complexity index is 987. The molecule has 2 heterocycles. The quantitative estimate of drug-likeness (QED) is 0.592. The van der Waals surface area contributed by atoms with Crippen LogP contribution in [0.3, 0.4) is 0 Å². The molecule has 9 heteroatoms. The summed E-state index contributed by atoms with van der Waals surface area (Å²) in [6.07, 6.45) is -1.86. The summed E-state index contributed by atoms with van der Waals surface area (Å²) in [5, 5.41) is 9.34. The molecule has 0 radical (unpaired) electrons. The average molecular weight is 449 g/mol.